The third-order valence-electron chi connectivity index (χ3n) is 4.54. The Hall–Kier alpha value is -0.650. The quantitative estimate of drug-likeness (QED) is 0.769. The smallest absolute Gasteiger partial charge is 0.324 e. The molecule has 116 valence electrons. The fourth-order valence-electron chi connectivity index (χ4n) is 3.35. The largest absolute Gasteiger partial charge is 0.465 e. The Morgan fingerprint density at radius 2 is 2.00 bits per heavy atom. The Kier molecular flexibility index (Phi) is 5.81. The van der Waals surface area contributed by atoms with Crippen LogP contribution in [0.1, 0.15) is 33.6 Å². The first kappa shape index (κ1) is 15.7. The van der Waals surface area contributed by atoms with Gasteiger partial charge in [-0.3, -0.25) is 9.69 Å². The summed E-state index contributed by atoms with van der Waals surface area (Å²) < 4.78 is 5.23. The van der Waals surface area contributed by atoms with Crippen molar-refractivity contribution < 1.29 is 9.53 Å². The maximum absolute atomic E-state index is 12.1. The summed E-state index contributed by atoms with van der Waals surface area (Å²) >= 11 is 0. The number of piperidine rings is 1. The highest BCUT2D eigenvalue weighted by Gasteiger charge is 2.36. The van der Waals surface area contributed by atoms with Crippen LogP contribution in [0.3, 0.4) is 0 Å². The minimum atomic E-state index is -0.0979. The van der Waals surface area contributed by atoms with E-state index in [0.717, 1.165) is 45.6 Å². The van der Waals surface area contributed by atoms with Crippen molar-refractivity contribution in [2.24, 2.45) is 0 Å². The molecular weight excluding hydrogens is 254 g/mol. The van der Waals surface area contributed by atoms with Crippen molar-refractivity contribution in [3.63, 3.8) is 0 Å². The summed E-state index contributed by atoms with van der Waals surface area (Å²) in [5.41, 5.74) is 0. The van der Waals surface area contributed by atoms with Crippen LogP contribution in [-0.4, -0.2) is 73.2 Å². The van der Waals surface area contributed by atoms with Gasteiger partial charge in [0.1, 0.15) is 6.04 Å². The number of nitrogens with zero attached hydrogens (tertiary/aromatic N) is 2. The van der Waals surface area contributed by atoms with Crippen LogP contribution in [0.15, 0.2) is 0 Å². The average molecular weight is 283 g/mol. The highest BCUT2D eigenvalue weighted by atomic mass is 16.5. The second-order valence-electron chi connectivity index (χ2n) is 6.07. The number of rotatable bonds is 4. The summed E-state index contributed by atoms with van der Waals surface area (Å²) in [5.74, 6) is -0.0639. The molecule has 5 heteroatoms. The number of carbonyl (C=O) groups excluding carboxylic acids is 1. The van der Waals surface area contributed by atoms with Crippen LogP contribution in [0.25, 0.3) is 0 Å². The van der Waals surface area contributed by atoms with Crippen LogP contribution in [0.5, 0.6) is 0 Å². The van der Waals surface area contributed by atoms with Crippen LogP contribution < -0.4 is 5.32 Å². The van der Waals surface area contributed by atoms with E-state index in [2.05, 4.69) is 29.0 Å². The SMILES string of the molecule is CCOC(=O)C1CNCCN1C1CCN(C(C)C)CC1. The molecule has 0 aromatic carbocycles. The van der Waals surface area contributed by atoms with Crippen molar-refractivity contribution in [1.82, 2.24) is 15.1 Å². The highest BCUT2D eigenvalue weighted by Crippen LogP contribution is 2.21. The van der Waals surface area contributed by atoms with Gasteiger partial charge >= 0.3 is 5.97 Å². The average Bonchev–Trinajstić information content (AvgIpc) is 2.47. The molecule has 1 atom stereocenters. The predicted molar refractivity (Wildman–Crippen MR) is 79.7 cm³/mol. The molecule has 0 aromatic heterocycles. The van der Waals surface area contributed by atoms with E-state index >= 15 is 0 Å². The van der Waals surface area contributed by atoms with Crippen LogP contribution in [-0.2, 0) is 9.53 Å². The van der Waals surface area contributed by atoms with Gasteiger partial charge in [-0.1, -0.05) is 0 Å². The molecule has 2 aliphatic rings. The van der Waals surface area contributed by atoms with Crippen molar-refractivity contribution in [3.8, 4) is 0 Å². The van der Waals surface area contributed by atoms with Gasteiger partial charge in [-0.2, -0.15) is 0 Å². The third kappa shape index (κ3) is 3.71. The van der Waals surface area contributed by atoms with Gasteiger partial charge in [0.15, 0.2) is 0 Å². The zero-order valence-electron chi connectivity index (χ0n) is 13.1. The van der Waals surface area contributed by atoms with Crippen LogP contribution in [0.2, 0.25) is 0 Å². The van der Waals surface area contributed by atoms with Crippen LogP contribution in [0, 0.1) is 0 Å². The zero-order valence-corrected chi connectivity index (χ0v) is 13.1. The molecular formula is C15H29N3O2. The molecule has 0 aromatic rings. The van der Waals surface area contributed by atoms with Gasteiger partial charge < -0.3 is 15.0 Å². The van der Waals surface area contributed by atoms with E-state index in [4.69, 9.17) is 4.74 Å². The Morgan fingerprint density at radius 3 is 2.60 bits per heavy atom. The van der Waals surface area contributed by atoms with Crippen molar-refractivity contribution in [3.05, 3.63) is 0 Å². The number of esters is 1. The zero-order chi connectivity index (χ0) is 14.5. The lowest BCUT2D eigenvalue weighted by Gasteiger charge is -2.44. The number of ether oxygens (including phenoxy) is 1. The maximum atomic E-state index is 12.1. The van der Waals surface area contributed by atoms with E-state index in [1.807, 2.05) is 6.92 Å². The fourth-order valence-corrected chi connectivity index (χ4v) is 3.35. The molecule has 0 aliphatic carbocycles. The molecule has 20 heavy (non-hydrogen) atoms. The van der Waals surface area contributed by atoms with E-state index in [0.29, 0.717) is 18.7 Å². The van der Waals surface area contributed by atoms with Gasteiger partial charge in [0.25, 0.3) is 0 Å². The van der Waals surface area contributed by atoms with Gasteiger partial charge in [-0.25, -0.2) is 0 Å². The molecule has 2 saturated heterocycles. The summed E-state index contributed by atoms with van der Waals surface area (Å²) in [6.45, 7) is 11.8. The summed E-state index contributed by atoms with van der Waals surface area (Å²) in [6.07, 6.45) is 2.32. The summed E-state index contributed by atoms with van der Waals surface area (Å²) in [7, 11) is 0. The third-order valence-corrected chi connectivity index (χ3v) is 4.54. The second-order valence-corrected chi connectivity index (χ2v) is 6.07. The number of nitrogens with one attached hydrogen (secondary N) is 1. The Balaban J connectivity index is 1.93. The molecule has 0 spiro atoms. The Labute approximate surface area is 122 Å². The fraction of sp³-hybridized carbons (Fsp3) is 0.933. The van der Waals surface area contributed by atoms with E-state index in [9.17, 15) is 4.79 Å². The molecule has 0 radical (unpaired) electrons. The Bertz CT molecular complexity index is 314. The van der Waals surface area contributed by atoms with Gasteiger partial charge in [0, 0.05) is 31.7 Å². The standard InChI is InChI=1S/C15H29N3O2/c1-4-20-15(19)14-11-16-7-10-18(14)13-5-8-17(9-6-13)12(2)3/h12-14,16H,4-11H2,1-3H3. The first-order valence-electron chi connectivity index (χ1n) is 8.00. The number of likely N-dealkylation sites (tertiary alicyclic amines) is 1. The monoisotopic (exact) mass is 283 g/mol. The highest BCUT2D eigenvalue weighted by molar-refractivity contribution is 5.76. The molecule has 0 saturated carbocycles. The van der Waals surface area contributed by atoms with Crippen molar-refractivity contribution in [2.45, 2.75) is 51.7 Å². The molecule has 0 amide bonds. The van der Waals surface area contributed by atoms with E-state index < -0.39 is 0 Å². The summed E-state index contributed by atoms with van der Waals surface area (Å²) in [4.78, 5) is 17.0. The second kappa shape index (κ2) is 7.38. The van der Waals surface area contributed by atoms with Crippen molar-refractivity contribution in [1.29, 1.82) is 0 Å². The summed E-state index contributed by atoms with van der Waals surface area (Å²) in [5, 5.41) is 3.32. The van der Waals surface area contributed by atoms with Crippen molar-refractivity contribution >= 4 is 5.97 Å². The molecule has 2 fully saturated rings. The van der Waals surface area contributed by atoms with Crippen LogP contribution >= 0.6 is 0 Å². The predicted octanol–water partition coefficient (Wildman–Crippen LogP) is 0.696. The number of hydrogen-bond donors (Lipinski definition) is 1. The molecule has 1 N–H and O–H groups in total. The Morgan fingerprint density at radius 1 is 1.30 bits per heavy atom. The number of carbonyl (C=O) groups is 1. The molecule has 2 heterocycles. The molecule has 1 unspecified atom stereocenters. The topological polar surface area (TPSA) is 44.8 Å². The van der Waals surface area contributed by atoms with E-state index in [1.165, 1.54) is 0 Å². The number of hydrogen-bond acceptors (Lipinski definition) is 5. The van der Waals surface area contributed by atoms with Gasteiger partial charge in [0.2, 0.25) is 0 Å². The number of piperazine rings is 1. The van der Waals surface area contributed by atoms with Gasteiger partial charge in [-0.05, 0) is 46.7 Å². The normalized spacial score (nSPS) is 26.9. The van der Waals surface area contributed by atoms with E-state index in [1.54, 1.807) is 0 Å². The minimum Gasteiger partial charge on any atom is -0.465 e. The molecule has 2 aliphatic heterocycles. The van der Waals surface area contributed by atoms with Crippen molar-refractivity contribution in [2.75, 3.05) is 39.3 Å². The molecule has 2 rings (SSSR count). The van der Waals surface area contributed by atoms with E-state index in [-0.39, 0.29) is 12.0 Å². The lowest BCUT2D eigenvalue weighted by atomic mass is 9.99. The molecule has 5 nitrogen and oxygen atoms in total. The molecule has 0 bridgehead atoms. The first-order chi connectivity index (χ1) is 9.63. The summed E-state index contributed by atoms with van der Waals surface area (Å²) in [6, 6.07) is 1.06. The first-order valence-corrected chi connectivity index (χ1v) is 8.00. The van der Waals surface area contributed by atoms with Crippen LogP contribution in [0.4, 0.5) is 0 Å². The van der Waals surface area contributed by atoms with Gasteiger partial charge in [-0.15, -0.1) is 0 Å². The lowest BCUT2D eigenvalue weighted by Crippen LogP contribution is -2.60. The minimum absolute atomic E-state index is 0.0639. The maximum Gasteiger partial charge on any atom is 0.324 e. The van der Waals surface area contributed by atoms with Gasteiger partial charge in [0.05, 0.1) is 6.61 Å². The lowest BCUT2D eigenvalue weighted by molar-refractivity contribution is -0.152.